The number of aromatic nitrogens is 2. The van der Waals surface area contributed by atoms with Gasteiger partial charge in [-0.1, -0.05) is 58.5 Å². The molecule has 2 aromatic rings. The van der Waals surface area contributed by atoms with E-state index in [-0.39, 0.29) is 29.2 Å². The third-order valence-electron chi connectivity index (χ3n) is 4.44. The van der Waals surface area contributed by atoms with Crippen molar-refractivity contribution in [3.05, 3.63) is 41.5 Å². The Bertz CT molecular complexity index is 794. The van der Waals surface area contributed by atoms with Gasteiger partial charge in [-0.25, -0.2) is 4.79 Å². The van der Waals surface area contributed by atoms with Crippen molar-refractivity contribution >= 4 is 17.7 Å². The van der Waals surface area contributed by atoms with Crippen LogP contribution in [0.4, 0.5) is 0 Å². The summed E-state index contributed by atoms with van der Waals surface area (Å²) in [4.78, 5) is 21.2. The first-order chi connectivity index (χ1) is 13.6. The molecule has 0 spiro atoms. The largest absolute Gasteiger partial charge is 0.481 e. The third-order valence-corrected chi connectivity index (χ3v) is 5.82. The van der Waals surface area contributed by atoms with Gasteiger partial charge in [0.1, 0.15) is 6.61 Å². The summed E-state index contributed by atoms with van der Waals surface area (Å²) in [6, 6.07) is 9.20. The Kier molecular flexibility index (Phi) is 7.90. The molecule has 0 saturated carbocycles. The van der Waals surface area contributed by atoms with E-state index in [0.717, 1.165) is 0 Å². The number of esters is 1. The highest BCUT2D eigenvalue weighted by atomic mass is 32.2. The molecular weight excluding hydrogens is 388 g/mol. The van der Waals surface area contributed by atoms with Crippen molar-refractivity contribution in [2.75, 3.05) is 20.8 Å². The molecule has 2 rings (SSSR count). The zero-order valence-electron chi connectivity index (χ0n) is 18.2. The minimum absolute atomic E-state index is 0.00962. The summed E-state index contributed by atoms with van der Waals surface area (Å²) in [7, 11) is 3.09. The first-order valence-electron chi connectivity index (χ1n) is 9.55. The van der Waals surface area contributed by atoms with E-state index in [4.69, 9.17) is 14.2 Å². The summed E-state index contributed by atoms with van der Waals surface area (Å²) in [6.45, 7) is 10.8. The van der Waals surface area contributed by atoms with Crippen LogP contribution in [0, 0.1) is 5.92 Å². The topological polar surface area (TPSA) is 70.5 Å². The van der Waals surface area contributed by atoms with Crippen LogP contribution in [0.15, 0.2) is 35.5 Å². The second-order valence-corrected chi connectivity index (χ2v) is 9.27. The number of hydrogen-bond acceptors (Lipinski definition) is 7. The highest BCUT2D eigenvalue weighted by Crippen LogP contribution is 2.29. The molecule has 1 aromatic heterocycles. The molecule has 6 nitrogen and oxygen atoms in total. The lowest BCUT2D eigenvalue weighted by Gasteiger charge is -2.20. The van der Waals surface area contributed by atoms with Crippen molar-refractivity contribution in [1.29, 1.82) is 0 Å². The minimum Gasteiger partial charge on any atom is -0.481 e. The zero-order valence-corrected chi connectivity index (χ0v) is 19.0. The maximum atomic E-state index is 12.5. The van der Waals surface area contributed by atoms with Crippen LogP contribution in [0.5, 0.6) is 11.8 Å². The summed E-state index contributed by atoms with van der Waals surface area (Å²) in [5.74, 6) is 0.772. The molecule has 0 N–H and O–H groups in total. The van der Waals surface area contributed by atoms with Crippen LogP contribution in [0.1, 0.15) is 50.5 Å². The van der Waals surface area contributed by atoms with Crippen LogP contribution >= 0.6 is 11.8 Å². The molecule has 0 radical (unpaired) electrons. The predicted molar refractivity (Wildman–Crippen MR) is 115 cm³/mol. The monoisotopic (exact) mass is 418 g/mol. The van der Waals surface area contributed by atoms with Gasteiger partial charge in [-0.2, -0.15) is 9.97 Å². The number of carbonyl (C=O) groups excluding carboxylic acids is 1. The van der Waals surface area contributed by atoms with E-state index >= 15 is 0 Å². The van der Waals surface area contributed by atoms with Gasteiger partial charge >= 0.3 is 5.97 Å². The number of rotatable bonds is 8. The maximum Gasteiger partial charge on any atom is 0.338 e. The van der Waals surface area contributed by atoms with Gasteiger partial charge in [0.2, 0.25) is 11.8 Å². The molecule has 7 heteroatoms. The van der Waals surface area contributed by atoms with Crippen molar-refractivity contribution in [1.82, 2.24) is 9.97 Å². The Labute approximate surface area is 177 Å². The normalized spacial score (nSPS) is 12.6. The maximum absolute atomic E-state index is 12.5. The standard InChI is InChI=1S/C22H30N2O4S/c1-14(2)17(29-21-23-18(26-6)12-19(24-21)27-7)13-28-20(25)15-8-10-16(11-9-15)22(3,4)5/h8-12,14,17H,13H2,1-7H3. The van der Waals surface area contributed by atoms with Gasteiger partial charge in [-0.3, -0.25) is 0 Å². The third kappa shape index (κ3) is 6.63. The highest BCUT2D eigenvalue weighted by Gasteiger charge is 2.21. The molecular formula is C22H30N2O4S. The number of methoxy groups -OCH3 is 2. The quantitative estimate of drug-likeness (QED) is 0.347. The molecule has 0 aliphatic rings. The van der Waals surface area contributed by atoms with Gasteiger partial charge in [0.15, 0.2) is 5.16 Å². The average Bonchev–Trinajstić information content (AvgIpc) is 2.69. The Morgan fingerprint density at radius 1 is 1.03 bits per heavy atom. The number of thioether (sulfide) groups is 1. The number of hydrogen-bond donors (Lipinski definition) is 0. The predicted octanol–water partition coefficient (Wildman–Crippen LogP) is 4.77. The van der Waals surface area contributed by atoms with Crippen LogP contribution in [0.2, 0.25) is 0 Å². The molecule has 1 unspecified atom stereocenters. The lowest BCUT2D eigenvalue weighted by atomic mass is 9.87. The van der Waals surface area contributed by atoms with Crippen molar-refractivity contribution in [2.45, 2.75) is 50.4 Å². The number of ether oxygens (including phenoxy) is 3. The van der Waals surface area contributed by atoms with Gasteiger partial charge in [0.25, 0.3) is 0 Å². The van der Waals surface area contributed by atoms with Crippen molar-refractivity contribution in [3.63, 3.8) is 0 Å². The summed E-state index contributed by atoms with van der Waals surface area (Å²) in [6.07, 6.45) is 0. The number of carbonyl (C=O) groups is 1. The lowest BCUT2D eigenvalue weighted by molar-refractivity contribution is 0.0495. The van der Waals surface area contributed by atoms with E-state index in [0.29, 0.717) is 22.5 Å². The van der Waals surface area contributed by atoms with Crippen LogP contribution in [0.3, 0.4) is 0 Å². The lowest BCUT2D eigenvalue weighted by Crippen LogP contribution is -2.22. The van der Waals surface area contributed by atoms with E-state index in [2.05, 4.69) is 44.6 Å². The molecule has 1 aromatic carbocycles. The second kappa shape index (κ2) is 9.96. The number of benzene rings is 1. The van der Waals surface area contributed by atoms with E-state index in [1.165, 1.54) is 17.3 Å². The average molecular weight is 419 g/mol. The molecule has 0 amide bonds. The molecule has 0 bridgehead atoms. The molecule has 0 aliphatic carbocycles. The van der Waals surface area contributed by atoms with Crippen LogP contribution in [-0.2, 0) is 10.2 Å². The molecule has 0 aliphatic heterocycles. The second-order valence-electron chi connectivity index (χ2n) is 8.06. The molecule has 158 valence electrons. The van der Waals surface area contributed by atoms with Crippen molar-refractivity contribution in [2.24, 2.45) is 5.92 Å². The molecule has 29 heavy (non-hydrogen) atoms. The van der Waals surface area contributed by atoms with Crippen LogP contribution in [0.25, 0.3) is 0 Å². The van der Waals surface area contributed by atoms with E-state index in [9.17, 15) is 4.79 Å². The van der Waals surface area contributed by atoms with E-state index in [1.54, 1.807) is 20.3 Å². The van der Waals surface area contributed by atoms with Gasteiger partial charge in [-0.05, 0) is 29.0 Å². The smallest absolute Gasteiger partial charge is 0.338 e. The molecule has 1 atom stereocenters. The Balaban J connectivity index is 2.05. The summed E-state index contributed by atoms with van der Waals surface area (Å²) < 4.78 is 16.0. The van der Waals surface area contributed by atoms with Crippen molar-refractivity contribution < 1.29 is 19.0 Å². The van der Waals surface area contributed by atoms with Gasteiger partial charge in [0, 0.05) is 5.25 Å². The zero-order chi connectivity index (χ0) is 21.6. The Morgan fingerprint density at radius 3 is 2.03 bits per heavy atom. The van der Waals surface area contributed by atoms with Gasteiger partial charge < -0.3 is 14.2 Å². The fraction of sp³-hybridized carbons (Fsp3) is 0.500. The Morgan fingerprint density at radius 2 is 1.59 bits per heavy atom. The molecule has 0 saturated heterocycles. The van der Waals surface area contributed by atoms with Gasteiger partial charge in [0.05, 0.1) is 25.8 Å². The van der Waals surface area contributed by atoms with Crippen molar-refractivity contribution in [3.8, 4) is 11.8 Å². The number of nitrogens with zero attached hydrogens (tertiary/aromatic N) is 2. The molecule has 1 heterocycles. The van der Waals surface area contributed by atoms with E-state index < -0.39 is 0 Å². The Hall–Kier alpha value is -2.28. The summed E-state index contributed by atoms with van der Waals surface area (Å²) in [5, 5.41) is 0.509. The van der Waals surface area contributed by atoms with Crippen LogP contribution in [-0.4, -0.2) is 42.0 Å². The highest BCUT2D eigenvalue weighted by molar-refractivity contribution is 7.99. The fourth-order valence-corrected chi connectivity index (χ4v) is 3.46. The fourth-order valence-electron chi connectivity index (χ4n) is 2.49. The van der Waals surface area contributed by atoms with E-state index in [1.807, 2.05) is 24.3 Å². The van der Waals surface area contributed by atoms with Gasteiger partial charge in [-0.15, -0.1) is 0 Å². The SMILES string of the molecule is COc1cc(OC)nc(SC(COC(=O)c2ccc(C(C)(C)C)cc2)C(C)C)n1. The van der Waals surface area contributed by atoms with Crippen LogP contribution < -0.4 is 9.47 Å². The first-order valence-corrected chi connectivity index (χ1v) is 10.4. The summed E-state index contributed by atoms with van der Waals surface area (Å²) in [5.41, 5.74) is 1.76. The minimum atomic E-state index is -0.333. The first kappa shape index (κ1) is 23.0. The molecule has 0 fully saturated rings. The summed E-state index contributed by atoms with van der Waals surface area (Å²) >= 11 is 1.44.